The first-order valence-corrected chi connectivity index (χ1v) is 7.69. The molecule has 2 heterocycles. The highest BCUT2D eigenvalue weighted by Crippen LogP contribution is 2.13. The Bertz CT molecular complexity index is 674. The molecule has 1 aromatic heterocycles. The van der Waals surface area contributed by atoms with Crippen molar-refractivity contribution >= 4 is 22.7 Å². The SMILES string of the molecule is O=C(Cc1ccc2[nH]ncc2c1)NCC(=O)N1CCCCC1. The summed E-state index contributed by atoms with van der Waals surface area (Å²) < 4.78 is 0. The minimum Gasteiger partial charge on any atom is -0.347 e. The molecule has 116 valence electrons. The standard InChI is InChI=1S/C16H20N4O2/c21-15(17-11-16(22)20-6-2-1-3-7-20)9-12-4-5-14-13(8-12)10-18-19-14/h4-5,8,10H,1-3,6-7,9,11H2,(H,17,21)(H,18,19). The maximum absolute atomic E-state index is 12.0. The van der Waals surface area contributed by atoms with Crippen molar-refractivity contribution in [3.05, 3.63) is 30.0 Å². The van der Waals surface area contributed by atoms with Crippen molar-refractivity contribution in [2.45, 2.75) is 25.7 Å². The molecule has 0 atom stereocenters. The normalized spacial score (nSPS) is 15.0. The Kier molecular flexibility index (Phi) is 4.37. The zero-order valence-electron chi connectivity index (χ0n) is 12.5. The van der Waals surface area contributed by atoms with E-state index in [1.807, 2.05) is 23.1 Å². The molecule has 2 N–H and O–H groups in total. The fraction of sp³-hybridized carbons (Fsp3) is 0.438. The maximum atomic E-state index is 12.0. The second-order valence-corrected chi connectivity index (χ2v) is 5.69. The van der Waals surface area contributed by atoms with E-state index in [4.69, 9.17) is 0 Å². The Morgan fingerprint density at radius 2 is 2.05 bits per heavy atom. The van der Waals surface area contributed by atoms with E-state index >= 15 is 0 Å². The van der Waals surface area contributed by atoms with Crippen LogP contribution in [-0.2, 0) is 16.0 Å². The van der Waals surface area contributed by atoms with Gasteiger partial charge in [-0.15, -0.1) is 0 Å². The summed E-state index contributed by atoms with van der Waals surface area (Å²) in [5.41, 5.74) is 1.86. The number of aromatic nitrogens is 2. The van der Waals surface area contributed by atoms with Crippen LogP contribution in [0.1, 0.15) is 24.8 Å². The molecule has 0 aliphatic carbocycles. The van der Waals surface area contributed by atoms with Gasteiger partial charge >= 0.3 is 0 Å². The van der Waals surface area contributed by atoms with Crippen molar-refractivity contribution < 1.29 is 9.59 Å². The lowest BCUT2D eigenvalue weighted by atomic mass is 10.1. The van der Waals surface area contributed by atoms with E-state index in [0.717, 1.165) is 42.4 Å². The molecule has 0 saturated carbocycles. The molecule has 1 aromatic carbocycles. The van der Waals surface area contributed by atoms with Crippen LogP contribution < -0.4 is 5.32 Å². The average Bonchev–Trinajstić information content (AvgIpc) is 3.01. The highest BCUT2D eigenvalue weighted by atomic mass is 16.2. The van der Waals surface area contributed by atoms with Gasteiger partial charge in [-0.2, -0.15) is 5.10 Å². The second kappa shape index (κ2) is 6.60. The Morgan fingerprint density at radius 1 is 1.23 bits per heavy atom. The molecule has 6 nitrogen and oxygen atoms in total. The van der Waals surface area contributed by atoms with E-state index in [1.54, 1.807) is 6.20 Å². The van der Waals surface area contributed by atoms with Gasteiger partial charge in [0.05, 0.1) is 24.7 Å². The minimum absolute atomic E-state index is 0.0123. The van der Waals surface area contributed by atoms with Gasteiger partial charge in [-0.3, -0.25) is 14.7 Å². The quantitative estimate of drug-likeness (QED) is 0.891. The van der Waals surface area contributed by atoms with E-state index in [0.29, 0.717) is 0 Å². The zero-order valence-corrected chi connectivity index (χ0v) is 12.5. The van der Waals surface area contributed by atoms with Crippen LogP contribution in [0.15, 0.2) is 24.4 Å². The Hall–Kier alpha value is -2.37. The van der Waals surface area contributed by atoms with Crippen LogP contribution in [0.3, 0.4) is 0 Å². The Labute approximate surface area is 128 Å². The third-order valence-corrected chi connectivity index (χ3v) is 4.01. The zero-order chi connectivity index (χ0) is 15.4. The van der Waals surface area contributed by atoms with Crippen molar-refractivity contribution in [2.24, 2.45) is 0 Å². The van der Waals surface area contributed by atoms with Crippen molar-refractivity contribution in [3.63, 3.8) is 0 Å². The molecule has 1 aliphatic rings. The maximum Gasteiger partial charge on any atom is 0.241 e. The number of rotatable bonds is 4. The number of hydrogen-bond donors (Lipinski definition) is 2. The molecule has 0 bridgehead atoms. The summed E-state index contributed by atoms with van der Waals surface area (Å²) in [5.74, 6) is -0.119. The number of likely N-dealkylation sites (tertiary alicyclic amines) is 1. The predicted octanol–water partition coefficient (Wildman–Crippen LogP) is 1.23. The molecule has 1 saturated heterocycles. The number of hydrogen-bond acceptors (Lipinski definition) is 3. The third kappa shape index (κ3) is 3.44. The number of carbonyl (C=O) groups is 2. The topological polar surface area (TPSA) is 78.1 Å². The number of H-pyrrole nitrogens is 1. The Balaban J connectivity index is 1.50. The van der Waals surface area contributed by atoms with E-state index in [1.165, 1.54) is 6.42 Å². The lowest BCUT2D eigenvalue weighted by molar-refractivity contribution is -0.133. The van der Waals surface area contributed by atoms with Crippen LogP contribution in [0.2, 0.25) is 0 Å². The summed E-state index contributed by atoms with van der Waals surface area (Å²) in [6.07, 6.45) is 5.31. The van der Waals surface area contributed by atoms with E-state index in [-0.39, 0.29) is 24.8 Å². The van der Waals surface area contributed by atoms with Gasteiger partial charge in [0, 0.05) is 18.5 Å². The molecular formula is C16H20N4O2. The van der Waals surface area contributed by atoms with Gasteiger partial charge in [-0.25, -0.2) is 0 Å². The lowest BCUT2D eigenvalue weighted by Crippen LogP contribution is -2.42. The van der Waals surface area contributed by atoms with E-state index in [2.05, 4.69) is 15.5 Å². The molecule has 0 radical (unpaired) electrons. The van der Waals surface area contributed by atoms with Gasteiger partial charge in [-0.1, -0.05) is 6.07 Å². The number of fused-ring (bicyclic) bond motifs is 1. The monoisotopic (exact) mass is 300 g/mol. The van der Waals surface area contributed by atoms with Crippen molar-refractivity contribution in [1.82, 2.24) is 20.4 Å². The highest BCUT2D eigenvalue weighted by Gasteiger charge is 2.16. The van der Waals surface area contributed by atoms with Gasteiger partial charge in [0.1, 0.15) is 0 Å². The van der Waals surface area contributed by atoms with E-state index < -0.39 is 0 Å². The number of piperidine rings is 1. The number of amides is 2. The fourth-order valence-corrected chi connectivity index (χ4v) is 2.78. The van der Waals surface area contributed by atoms with Gasteiger partial charge < -0.3 is 10.2 Å². The second-order valence-electron chi connectivity index (χ2n) is 5.69. The van der Waals surface area contributed by atoms with Gasteiger partial charge in [0.25, 0.3) is 0 Å². The summed E-state index contributed by atoms with van der Waals surface area (Å²) in [6, 6.07) is 5.74. The summed E-state index contributed by atoms with van der Waals surface area (Å²) in [6.45, 7) is 1.71. The molecule has 3 rings (SSSR count). The first kappa shape index (κ1) is 14.6. The number of carbonyl (C=O) groups excluding carboxylic acids is 2. The van der Waals surface area contributed by atoms with Gasteiger partial charge in [0.15, 0.2) is 0 Å². The molecule has 1 fully saturated rings. The minimum atomic E-state index is -0.131. The van der Waals surface area contributed by atoms with Crippen LogP contribution in [0.25, 0.3) is 10.9 Å². The molecule has 22 heavy (non-hydrogen) atoms. The molecule has 6 heteroatoms. The van der Waals surface area contributed by atoms with Crippen LogP contribution in [-0.4, -0.2) is 46.5 Å². The van der Waals surface area contributed by atoms with Crippen LogP contribution in [0.4, 0.5) is 0 Å². The third-order valence-electron chi connectivity index (χ3n) is 4.01. The number of aromatic amines is 1. The van der Waals surface area contributed by atoms with Crippen molar-refractivity contribution in [1.29, 1.82) is 0 Å². The Morgan fingerprint density at radius 3 is 2.86 bits per heavy atom. The molecule has 2 aromatic rings. The fourth-order valence-electron chi connectivity index (χ4n) is 2.78. The van der Waals surface area contributed by atoms with Crippen molar-refractivity contribution in [2.75, 3.05) is 19.6 Å². The first-order valence-electron chi connectivity index (χ1n) is 7.69. The van der Waals surface area contributed by atoms with Gasteiger partial charge in [-0.05, 0) is 37.0 Å². The van der Waals surface area contributed by atoms with Crippen molar-refractivity contribution in [3.8, 4) is 0 Å². The van der Waals surface area contributed by atoms with Gasteiger partial charge in [0.2, 0.25) is 11.8 Å². The molecule has 2 amide bonds. The molecule has 0 unspecified atom stereocenters. The van der Waals surface area contributed by atoms with Crippen LogP contribution in [0, 0.1) is 0 Å². The molecular weight excluding hydrogens is 280 g/mol. The number of benzene rings is 1. The van der Waals surface area contributed by atoms with Crippen LogP contribution in [0.5, 0.6) is 0 Å². The first-order chi connectivity index (χ1) is 10.7. The molecule has 1 aliphatic heterocycles. The number of nitrogens with zero attached hydrogens (tertiary/aromatic N) is 2. The summed E-state index contributed by atoms with van der Waals surface area (Å²) in [5, 5.41) is 10.5. The lowest BCUT2D eigenvalue weighted by Gasteiger charge is -2.26. The smallest absolute Gasteiger partial charge is 0.241 e. The van der Waals surface area contributed by atoms with Crippen LogP contribution >= 0.6 is 0 Å². The highest BCUT2D eigenvalue weighted by molar-refractivity contribution is 5.87. The largest absolute Gasteiger partial charge is 0.347 e. The molecule has 0 spiro atoms. The summed E-state index contributed by atoms with van der Waals surface area (Å²) in [7, 11) is 0. The van der Waals surface area contributed by atoms with E-state index in [9.17, 15) is 9.59 Å². The number of nitrogens with one attached hydrogen (secondary N) is 2. The predicted molar refractivity (Wildman–Crippen MR) is 83.2 cm³/mol. The summed E-state index contributed by atoms with van der Waals surface area (Å²) in [4.78, 5) is 25.8. The average molecular weight is 300 g/mol. The summed E-state index contributed by atoms with van der Waals surface area (Å²) >= 11 is 0.